The molecule has 1 aliphatic heterocycles. The summed E-state index contributed by atoms with van der Waals surface area (Å²) in [6.07, 6.45) is 3.92. The van der Waals surface area contributed by atoms with Crippen molar-refractivity contribution in [3.8, 4) is 0 Å². The summed E-state index contributed by atoms with van der Waals surface area (Å²) in [4.78, 5) is 0. The van der Waals surface area contributed by atoms with Crippen LogP contribution in [0.1, 0.15) is 13.8 Å². The Bertz CT molecular complexity index is 243. The summed E-state index contributed by atoms with van der Waals surface area (Å²) in [5.74, 6) is 0.752. The number of nitrogens with two attached hydrogens (primary N) is 2. The number of hydrogen-bond acceptors (Lipinski definition) is 3. The molecule has 0 spiro atoms. The van der Waals surface area contributed by atoms with Crippen molar-refractivity contribution in [3.63, 3.8) is 0 Å². The van der Waals surface area contributed by atoms with Gasteiger partial charge in [0.2, 0.25) is 5.82 Å². The van der Waals surface area contributed by atoms with Gasteiger partial charge >= 0.3 is 0 Å². The van der Waals surface area contributed by atoms with E-state index in [2.05, 4.69) is 19.3 Å². The van der Waals surface area contributed by atoms with Crippen LogP contribution in [-0.4, -0.2) is 13.7 Å². The number of ether oxygens (including phenoxy) is 1. The minimum absolute atomic E-state index is 0.000625. The highest BCUT2D eigenvalue weighted by atomic mass is 16.5. The lowest BCUT2D eigenvalue weighted by Gasteiger charge is -2.26. The third-order valence-corrected chi connectivity index (χ3v) is 2.10. The van der Waals surface area contributed by atoms with Crippen LogP contribution < -0.4 is 16.6 Å². The predicted molar refractivity (Wildman–Crippen MR) is 51.1 cm³/mol. The van der Waals surface area contributed by atoms with Gasteiger partial charge in [-0.15, -0.1) is 0 Å². The maximum absolute atomic E-state index is 5.68. The number of nitrogens with one attached hydrogen (secondary N) is 1. The molecule has 0 amide bonds. The molecule has 1 aliphatic rings. The first kappa shape index (κ1) is 10.1. The Morgan fingerprint density at radius 1 is 1.62 bits per heavy atom. The zero-order valence-corrected chi connectivity index (χ0v) is 8.42. The Labute approximate surface area is 78.8 Å². The van der Waals surface area contributed by atoms with E-state index in [1.54, 1.807) is 12.5 Å². The van der Waals surface area contributed by atoms with Gasteiger partial charge in [0.1, 0.15) is 0 Å². The van der Waals surface area contributed by atoms with Gasteiger partial charge in [0, 0.05) is 18.6 Å². The predicted octanol–water partition coefficient (Wildman–Crippen LogP) is -0.575. The van der Waals surface area contributed by atoms with E-state index >= 15 is 0 Å². The van der Waals surface area contributed by atoms with E-state index in [1.165, 1.54) is 0 Å². The van der Waals surface area contributed by atoms with E-state index in [0.717, 1.165) is 11.4 Å². The van der Waals surface area contributed by atoms with Crippen LogP contribution in [0.4, 0.5) is 0 Å². The Morgan fingerprint density at radius 3 is 2.85 bits per heavy atom. The fraction of sp³-hybridized carbons (Fsp3) is 0.556. The van der Waals surface area contributed by atoms with Crippen molar-refractivity contribution in [1.29, 1.82) is 0 Å². The fourth-order valence-electron chi connectivity index (χ4n) is 1.33. The maximum atomic E-state index is 5.68. The Hall–Kier alpha value is -1.00. The van der Waals surface area contributed by atoms with E-state index in [1.807, 2.05) is 12.3 Å². The van der Waals surface area contributed by atoms with Gasteiger partial charge in [-0.1, -0.05) is 13.8 Å². The van der Waals surface area contributed by atoms with Crippen molar-refractivity contribution in [3.05, 3.63) is 23.7 Å². The van der Waals surface area contributed by atoms with Gasteiger partial charge in [-0.2, -0.15) is 0 Å². The lowest BCUT2D eigenvalue weighted by Crippen LogP contribution is -2.92. The molecule has 0 fully saturated rings. The molecule has 74 valence electrons. The van der Waals surface area contributed by atoms with Crippen molar-refractivity contribution < 1.29 is 10.2 Å². The molecule has 4 nitrogen and oxygen atoms in total. The van der Waals surface area contributed by atoms with Crippen LogP contribution in [0, 0.1) is 5.41 Å². The SMILES string of the molecule is COCC(C)(C)C1=CN[NH2+]C(N)=C1. The van der Waals surface area contributed by atoms with Gasteiger partial charge in [-0.3, -0.25) is 0 Å². The van der Waals surface area contributed by atoms with Gasteiger partial charge in [0.25, 0.3) is 0 Å². The second kappa shape index (κ2) is 3.81. The van der Waals surface area contributed by atoms with Gasteiger partial charge < -0.3 is 10.5 Å². The molecule has 5 N–H and O–H groups in total. The largest absolute Gasteiger partial charge is 0.384 e. The summed E-state index contributed by atoms with van der Waals surface area (Å²) < 4.78 is 5.15. The molecule has 0 atom stereocenters. The van der Waals surface area contributed by atoms with Gasteiger partial charge in [0.05, 0.1) is 12.8 Å². The van der Waals surface area contributed by atoms with Crippen LogP contribution in [0.25, 0.3) is 0 Å². The topological polar surface area (TPSA) is 63.9 Å². The van der Waals surface area contributed by atoms with E-state index in [0.29, 0.717) is 6.61 Å². The van der Waals surface area contributed by atoms with Crippen LogP contribution in [0.5, 0.6) is 0 Å². The molecule has 1 rings (SSSR count). The molecular formula is C9H18N3O+. The lowest BCUT2D eigenvalue weighted by molar-refractivity contribution is -0.659. The minimum Gasteiger partial charge on any atom is -0.384 e. The van der Waals surface area contributed by atoms with E-state index < -0.39 is 0 Å². The van der Waals surface area contributed by atoms with Crippen LogP contribution in [0.2, 0.25) is 0 Å². The average Bonchev–Trinajstić information content (AvgIpc) is 2.04. The number of allylic oxidation sites excluding steroid dienone is 1. The molecule has 0 saturated heterocycles. The molecule has 0 aromatic rings. The number of hydrogen-bond donors (Lipinski definition) is 3. The Morgan fingerprint density at radius 2 is 2.31 bits per heavy atom. The van der Waals surface area contributed by atoms with E-state index in [-0.39, 0.29) is 5.41 Å². The second-order valence-electron chi connectivity index (χ2n) is 3.87. The normalized spacial score (nSPS) is 17.5. The Balaban J connectivity index is 2.76. The molecule has 0 aliphatic carbocycles. The first-order valence-corrected chi connectivity index (χ1v) is 4.32. The number of methoxy groups -OCH3 is 1. The molecular weight excluding hydrogens is 166 g/mol. The van der Waals surface area contributed by atoms with Crippen LogP contribution in [0.3, 0.4) is 0 Å². The second-order valence-corrected chi connectivity index (χ2v) is 3.87. The van der Waals surface area contributed by atoms with Crippen LogP contribution in [-0.2, 0) is 4.74 Å². The van der Waals surface area contributed by atoms with Crippen molar-refractivity contribution in [2.75, 3.05) is 13.7 Å². The summed E-state index contributed by atoms with van der Waals surface area (Å²) in [6.45, 7) is 4.93. The quantitative estimate of drug-likeness (QED) is 0.514. The average molecular weight is 184 g/mol. The van der Waals surface area contributed by atoms with Crippen LogP contribution in [0.15, 0.2) is 23.7 Å². The standard InChI is InChI=1S/C9H17N3O/c1-9(2,6-13-3)7-4-8(10)12-11-5-7/h4-5,11-12H,6,10H2,1-3H3/p+1. The molecule has 0 aromatic carbocycles. The highest BCUT2D eigenvalue weighted by Crippen LogP contribution is 2.27. The maximum Gasteiger partial charge on any atom is 0.220 e. The zero-order chi connectivity index (χ0) is 9.90. The van der Waals surface area contributed by atoms with Crippen LogP contribution >= 0.6 is 0 Å². The van der Waals surface area contributed by atoms with Crippen molar-refractivity contribution in [2.24, 2.45) is 11.1 Å². The van der Waals surface area contributed by atoms with Gasteiger partial charge in [-0.25, -0.2) is 10.9 Å². The summed E-state index contributed by atoms with van der Waals surface area (Å²) in [5, 5.41) is 0. The summed E-state index contributed by atoms with van der Waals surface area (Å²) in [5.41, 5.74) is 11.6. The summed E-state index contributed by atoms with van der Waals surface area (Å²) in [6, 6.07) is 0. The lowest BCUT2D eigenvalue weighted by atomic mass is 9.85. The van der Waals surface area contributed by atoms with Crippen molar-refractivity contribution in [2.45, 2.75) is 13.8 Å². The number of quaternary nitrogens is 1. The molecule has 0 bridgehead atoms. The van der Waals surface area contributed by atoms with E-state index in [9.17, 15) is 0 Å². The summed E-state index contributed by atoms with van der Waals surface area (Å²) in [7, 11) is 1.71. The van der Waals surface area contributed by atoms with Crippen molar-refractivity contribution >= 4 is 0 Å². The molecule has 0 aromatic heterocycles. The third-order valence-electron chi connectivity index (χ3n) is 2.10. The molecule has 13 heavy (non-hydrogen) atoms. The zero-order valence-electron chi connectivity index (χ0n) is 8.42. The molecule has 4 heteroatoms. The minimum atomic E-state index is 0.000625. The molecule has 0 unspecified atom stereocenters. The molecule has 0 saturated carbocycles. The Kier molecular flexibility index (Phi) is 2.95. The third kappa shape index (κ3) is 2.47. The van der Waals surface area contributed by atoms with Gasteiger partial charge in [-0.05, 0) is 5.57 Å². The highest BCUT2D eigenvalue weighted by molar-refractivity contribution is 5.26. The van der Waals surface area contributed by atoms with Crippen molar-refractivity contribution in [1.82, 2.24) is 5.43 Å². The fourth-order valence-corrected chi connectivity index (χ4v) is 1.33. The van der Waals surface area contributed by atoms with E-state index in [4.69, 9.17) is 10.5 Å². The first-order chi connectivity index (χ1) is 6.06. The summed E-state index contributed by atoms with van der Waals surface area (Å²) >= 11 is 0. The monoisotopic (exact) mass is 184 g/mol. The highest BCUT2D eigenvalue weighted by Gasteiger charge is 2.24. The smallest absolute Gasteiger partial charge is 0.220 e. The first-order valence-electron chi connectivity index (χ1n) is 4.32. The number of rotatable bonds is 3. The van der Waals surface area contributed by atoms with Gasteiger partial charge in [0.15, 0.2) is 0 Å². The molecule has 1 heterocycles. The molecule has 0 radical (unpaired) electrons.